The monoisotopic (exact) mass is 274 g/mol. The molecular weight excluding hydrogens is 244 g/mol. The summed E-state index contributed by atoms with van der Waals surface area (Å²) in [6.07, 6.45) is 23.5. The van der Waals surface area contributed by atoms with E-state index in [-0.39, 0.29) is 0 Å². The Kier molecular flexibility index (Phi) is 5.32. The van der Waals surface area contributed by atoms with E-state index in [1.807, 2.05) is 0 Å². The van der Waals surface area contributed by atoms with Crippen LogP contribution in [-0.4, -0.2) is 18.2 Å². The second-order valence-corrected chi connectivity index (χ2v) is 6.83. The van der Waals surface area contributed by atoms with E-state index in [2.05, 4.69) is 34.9 Å². The minimum atomic E-state index is 0.441. The third-order valence-corrected chi connectivity index (χ3v) is 5.20. The van der Waals surface area contributed by atoms with E-state index < -0.39 is 0 Å². The van der Waals surface area contributed by atoms with Gasteiger partial charge >= 0.3 is 0 Å². The number of hydrogen-bond donors (Lipinski definition) is 2. The van der Waals surface area contributed by atoms with Crippen LogP contribution in [0.3, 0.4) is 0 Å². The fourth-order valence-corrected chi connectivity index (χ4v) is 3.99. The Morgan fingerprint density at radius 2 is 1.10 bits per heavy atom. The lowest BCUT2D eigenvalue weighted by Crippen LogP contribution is -2.54. The molecule has 0 aliphatic heterocycles. The molecule has 0 unspecified atom stereocenters. The first kappa shape index (κ1) is 14.3. The van der Waals surface area contributed by atoms with Gasteiger partial charge in [0.25, 0.3) is 0 Å². The van der Waals surface area contributed by atoms with Crippen LogP contribution in [0.25, 0.3) is 0 Å². The Bertz CT molecular complexity index is 303. The molecule has 0 saturated heterocycles. The molecule has 0 aromatic heterocycles. The van der Waals surface area contributed by atoms with Crippen molar-refractivity contribution < 1.29 is 0 Å². The van der Waals surface area contributed by atoms with Crippen molar-refractivity contribution >= 4 is 0 Å². The average molecular weight is 274 g/mol. The molecule has 112 valence electrons. The molecule has 0 aromatic rings. The quantitative estimate of drug-likeness (QED) is 0.743. The summed E-state index contributed by atoms with van der Waals surface area (Å²) in [4.78, 5) is 0. The average Bonchev–Trinajstić information content (AvgIpc) is 3.03. The highest BCUT2D eigenvalue weighted by Crippen LogP contribution is 2.23. The van der Waals surface area contributed by atoms with E-state index in [4.69, 9.17) is 0 Å². The molecule has 0 aromatic carbocycles. The molecule has 2 fully saturated rings. The maximum absolute atomic E-state index is 3.93. The van der Waals surface area contributed by atoms with Crippen molar-refractivity contribution in [1.29, 1.82) is 0 Å². The van der Waals surface area contributed by atoms with E-state index in [9.17, 15) is 0 Å². The van der Waals surface area contributed by atoms with Gasteiger partial charge in [0.1, 0.15) is 0 Å². The zero-order valence-corrected chi connectivity index (χ0v) is 12.7. The van der Waals surface area contributed by atoms with Crippen molar-refractivity contribution in [3.8, 4) is 0 Å². The highest BCUT2D eigenvalue weighted by molar-refractivity contribution is 5.19. The van der Waals surface area contributed by atoms with E-state index in [1.54, 1.807) is 0 Å². The summed E-state index contributed by atoms with van der Waals surface area (Å²) in [5, 5.41) is 7.86. The summed E-state index contributed by atoms with van der Waals surface area (Å²) in [5.41, 5.74) is 0. The van der Waals surface area contributed by atoms with Gasteiger partial charge in [-0.25, -0.2) is 0 Å². The summed E-state index contributed by atoms with van der Waals surface area (Å²) < 4.78 is 0. The molecule has 0 bridgehead atoms. The standard InChI is InChI=1S/C18H30N2/c1-3-11-16(12-4-1)19-18(15-9-7-8-10-15)20-17-13-5-2-6-14-17/h7-10,15-20H,1-6,11-14H2. The van der Waals surface area contributed by atoms with Gasteiger partial charge in [-0.1, -0.05) is 62.8 Å². The summed E-state index contributed by atoms with van der Waals surface area (Å²) in [5.74, 6) is 0.541. The van der Waals surface area contributed by atoms with Gasteiger partial charge < -0.3 is 0 Å². The summed E-state index contributed by atoms with van der Waals surface area (Å²) in [7, 11) is 0. The molecule has 2 heteroatoms. The Hall–Kier alpha value is -0.600. The van der Waals surface area contributed by atoms with Crippen LogP contribution in [0.1, 0.15) is 64.2 Å². The first-order valence-corrected chi connectivity index (χ1v) is 8.79. The maximum atomic E-state index is 3.93. The first-order chi connectivity index (χ1) is 9.92. The van der Waals surface area contributed by atoms with Gasteiger partial charge in [0, 0.05) is 18.0 Å². The Labute approximate surface area is 124 Å². The van der Waals surface area contributed by atoms with Crippen LogP contribution in [0.4, 0.5) is 0 Å². The molecular formula is C18H30N2. The third kappa shape index (κ3) is 3.95. The minimum Gasteiger partial charge on any atom is -0.298 e. The molecule has 20 heavy (non-hydrogen) atoms. The van der Waals surface area contributed by atoms with E-state index in [0.717, 1.165) is 12.1 Å². The van der Waals surface area contributed by atoms with Crippen LogP contribution < -0.4 is 10.6 Å². The predicted molar refractivity (Wildman–Crippen MR) is 85.6 cm³/mol. The minimum absolute atomic E-state index is 0.441. The lowest BCUT2D eigenvalue weighted by molar-refractivity contribution is 0.245. The number of hydrogen-bond acceptors (Lipinski definition) is 2. The molecule has 3 aliphatic rings. The van der Waals surface area contributed by atoms with Gasteiger partial charge in [0.15, 0.2) is 0 Å². The fourth-order valence-electron chi connectivity index (χ4n) is 3.99. The van der Waals surface area contributed by atoms with E-state index in [0.29, 0.717) is 12.1 Å². The predicted octanol–water partition coefficient (Wildman–Crippen LogP) is 3.90. The molecule has 0 amide bonds. The van der Waals surface area contributed by atoms with Crippen molar-refractivity contribution in [3.63, 3.8) is 0 Å². The van der Waals surface area contributed by atoms with Gasteiger partial charge in [-0.2, -0.15) is 0 Å². The highest BCUT2D eigenvalue weighted by atomic mass is 15.2. The lowest BCUT2D eigenvalue weighted by Gasteiger charge is -2.35. The Morgan fingerprint density at radius 3 is 1.55 bits per heavy atom. The normalized spacial score (nSPS) is 25.9. The number of rotatable bonds is 5. The van der Waals surface area contributed by atoms with Gasteiger partial charge in [-0.05, 0) is 25.7 Å². The Balaban J connectivity index is 1.57. The van der Waals surface area contributed by atoms with Crippen LogP contribution in [0.5, 0.6) is 0 Å². The van der Waals surface area contributed by atoms with Crippen molar-refractivity contribution in [1.82, 2.24) is 10.6 Å². The first-order valence-electron chi connectivity index (χ1n) is 8.79. The van der Waals surface area contributed by atoms with Crippen molar-refractivity contribution in [2.45, 2.75) is 82.5 Å². The second kappa shape index (κ2) is 7.42. The van der Waals surface area contributed by atoms with Crippen LogP contribution in [0, 0.1) is 5.92 Å². The van der Waals surface area contributed by atoms with E-state index in [1.165, 1.54) is 64.2 Å². The molecule has 0 radical (unpaired) electrons. The van der Waals surface area contributed by atoms with Crippen LogP contribution in [-0.2, 0) is 0 Å². The van der Waals surface area contributed by atoms with Gasteiger partial charge in [-0.15, -0.1) is 0 Å². The smallest absolute Gasteiger partial charge is 0.0676 e. The number of allylic oxidation sites excluding steroid dienone is 2. The number of nitrogens with one attached hydrogen (secondary N) is 2. The van der Waals surface area contributed by atoms with Crippen molar-refractivity contribution in [3.05, 3.63) is 24.3 Å². The lowest BCUT2D eigenvalue weighted by atomic mass is 9.92. The zero-order valence-electron chi connectivity index (χ0n) is 12.7. The van der Waals surface area contributed by atoms with E-state index >= 15 is 0 Å². The van der Waals surface area contributed by atoms with Crippen LogP contribution in [0.2, 0.25) is 0 Å². The highest BCUT2D eigenvalue weighted by Gasteiger charge is 2.26. The molecule has 2 saturated carbocycles. The molecule has 3 rings (SSSR count). The summed E-state index contributed by atoms with van der Waals surface area (Å²) in [6.45, 7) is 0. The summed E-state index contributed by atoms with van der Waals surface area (Å²) >= 11 is 0. The van der Waals surface area contributed by atoms with Crippen LogP contribution in [0.15, 0.2) is 24.3 Å². The van der Waals surface area contributed by atoms with Gasteiger partial charge in [0.2, 0.25) is 0 Å². The SMILES string of the molecule is C1=CC(C(NC2CCCCC2)NC2CCCCC2)C=C1. The molecule has 0 spiro atoms. The molecule has 3 aliphatic carbocycles. The topological polar surface area (TPSA) is 24.1 Å². The molecule has 2 N–H and O–H groups in total. The largest absolute Gasteiger partial charge is 0.298 e. The molecule has 0 heterocycles. The van der Waals surface area contributed by atoms with Crippen molar-refractivity contribution in [2.24, 2.45) is 5.92 Å². The molecule has 2 nitrogen and oxygen atoms in total. The summed E-state index contributed by atoms with van der Waals surface area (Å²) in [6, 6.07) is 1.46. The third-order valence-electron chi connectivity index (χ3n) is 5.20. The zero-order chi connectivity index (χ0) is 13.6. The van der Waals surface area contributed by atoms with Gasteiger partial charge in [0.05, 0.1) is 6.17 Å². The second-order valence-electron chi connectivity index (χ2n) is 6.83. The molecule has 0 atom stereocenters. The van der Waals surface area contributed by atoms with Crippen LogP contribution >= 0.6 is 0 Å². The Morgan fingerprint density at radius 1 is 0.650 bits per heavy atom. The maximum Gasteiger partial charge on any atom is 0.0676 e. The van der Waals surface area contributed by atoms with Crippen molar-refractivity contribution in [2.75, 3.05) is 0 Å². The fraction of sp³-hybridized carbons (Fsp3) is 0.778. The van der Waals surface area contributed by atoms with Gasteiger partial charge in [-0.3, -0.25) is 10.6 Å².